The Morgan fingerprint density at radius 1 is 1.60 bits per heavy atom. The van der Waals surface area contributed by atoms with Gasteiger partial charge in [0.1, 0.15) is 5.01 Å². The summed E-state index contributed by atoms with van der Waals surface area (Å²) in [6, 6.07) is 2.42. The number of nitro groups is 1. The Morgan fingerprint density at radius 2 is 2.35 bits per heavy atom. The molecule has 2 aromatic rings. The van der Waals surface area contributed by atoms with E-state index in [1.54, 1.807) is 6.92 Å². The van der Waals surface area contributed by atoms with Gasteiger partial charge in [0.25, 0.3) is 0 Å². The number of nitrogens with zero attached hydrogens (tertiary/aromatic N) is 3. The van der Waals surface area contributed by atoms with Gasteiger partial charge >= 0.3 is 11.7 Å². The molecule has 0 spiro atoms. The average molecular weight is 294 g/mol. The van der Waals surface area contributed by atoms with Crippen molar-refractivity contribution in [2.24, 2.45) is 0 Å². The van der Waals surface area contributed by atoms with Crippen molar-refractivity contribution in [1.82, 2.24) is 9.97 Å². The lowest BCUT2D eigenvalue weighted by Gasteiger charge is -2.11. The quantitative estimate of drug-likeness (QED) is 0.641. The van der Waals surface area contributed by atoms with Gasteiger partial charge in [0.15, 0.2) is 5.69 Å². The van der Waals surface area contributed by atoms with Crippen molar-refractivity contribution >= 4 is 28.8 Å². The maximum Gasteiger partial charge on any atom is 0.355 e. The Bertz CT molecular complexity index is 657. The third-order valence-electron chi connectivity index (χ3n) is 2.45. The first kappa shape index (κ1) is 13.9. The van der Waals surface area contributed by atoms with Crippen LogP contribution in [0.5, 0.6) is 0 Å². The Kier molecular flexibility index (Phi) is 3.89. The molecule has 9 heteroatoms. The molecule has 0 saturated heterocycles. The van der Waals surface area contributed by atoms with Gasteiger partial charge in [0.2, 0.25) is 5.82 Å². The molecule has 1 unspecified atom stereocenters. The number of pyridine rings is 1. The van der Waals surface area contributed by atoms with E-state index in [0.717, 1.165) is 0 Å². The van der Waals surface area contributed by atoms with E-state index < -0.39 is 10.9 Å². The molecule has 104 valence electrons. The van der Waals surface area contributed by atoms with Crippen LogP contribution in [0.4, 0.5) is 11.5 Å². The Hall–Kier alpha value is -2.55. The minimum Gasteiger partial charge on any atom is -0.476 e. The van der Waals surface area contributed by atoms with E-state index in [-0.39, 0.29) is 23.2 Å². The highest BCUT2D eigenvalue weighted by Crippen LogP contribution is 2.26. The van der Waals surface area contributed by atoms with Crippen LogP contribution in [0.2, 0.25) is 0 Å². The number of carbonyl (C=O) groups is 1. The minimum absolute atomic E-state index is 0.0471. The minimum atomic E-state index is -1.11. The van der Waals surface area contributed by atoms with Gasteiger partial charge in [-0.1, -0.05) is 0 Å². The summed E-state index contributed by atoms with van der Waals surface area (Å²) in [6.45, 7) is 1.73. The zero-order valence-electron chi connectivity index (χ0n) is 10.3. The van der Waals surface area contributed by atoms with Gasteiger partial charge in [-0.3, -0.25) is 10.1 Å². The van der Waals surface area contributed by atoms with Crippen molar-refractivity contribution in [2.75, 3.05) is 5.32 Å². The summed E-state index contributed by atoms with van der Waals surface area (Å²) in [7, 11) is 0. The molecule has 0 amide bonds. The van der Waals surface area contributed by atoms with Crippen molar-refractivity contribution in [3.63, 3.8) is 0 Å². The third kappa shape index (κ3) is 2.88. The predicted octanol–water partition coefficient (Wildman–Crippen LogP) is 2.32. The van der Waals surface area contributed by atoms with E-state index in [1.807, 2.05) is 0 Å². The number of hydrogen-bond donors (Lipinski definition) is 2. The van der Waals surface area contributed by atoms with Crippen molar-refractivity contribution in [3.05, 3.63) is 44.5 Å². The summed E-state index contributed by atoms with van der Waals surface area (Å²) in [5.74, 6) is -0.986. The summed E-state index contributed by atoms with van der Waals surface area (Å²) in [5, 5.41) is 24.5. The van der Waals surface area contributed by atoms with Gasteiger partial charge in [-0.15, -0.1) is 11.3 Å². The van der Waals surface area contributed by atoms with Gasteiger partial charge in [0.05, 0.1) is 11.0 Å². The average Bonchev–Trinajstić information content (AvgIpc) is 2.89. The molecule has 0 radical (unpaired) electrons. The highest BCUT2D eigenvalue weighted by Gasteiger charge is 2.19. The number of rotatable bonds is 5. The van der Waals surface area contributed by atoms with Crippen molar-refractivity contribution in [2.45, 2.75) is 13.0 Å². The number of carboxylic acid groups (broad SMARTS) is 1. The van der Waals surface area contributed by atoms with E-state index in [4.69, 9.17) is 5.11 Å². The topological polar surface area (TPSA) is 118 Å². The summed E-state index contributed by atoms with van der Waals surface area (Å²) in [6.07, 6.45) is 1.44. The monoisotopic (exact) mass is 294 g/mol. The van der Waals surface area contributed by atoms with Crippen LogP contribution in [0.1, 0.15) is 28.5 Å². The van der Waals surface area contributed by atoms with Crippen molar-refractivity contribution in [1.29, 1.82) is 0 Å². The zero-order chi connectivity index (χ0) is 14.7. The smallest absolute Gasteiger partial charge is 0.355 e. The molecule has 0 saturated carbocycles. The van der Waals surface area contributed by atoms with Gasteiger partial charge in [-0.2, -0.15) is 0 Å². The van der Waals surface area contributed by atoms with Crippen LogP contribution in [0, 0.1) is 10.1 Å². The number of anilines is 1. The fourth-order valence-corrected chi connectivity index (χ4v) is 2.31. The second kappa shape index (κ2) is 5.61. The lowest BCUT2D eigenvalue weighted by Crippen LogP contribution is -2.10. The summed E-state index contributed by atoms with van der Waals surface area (Å²) >= 11 is 1.17. The van der Waals surface area contributed by atoms with Crippen molar-refractivity contribution in [3.8, 4) is 0 Å². The van der Waals surface area contributed by atoms with E-state index in [9.17, 15) is 14.9 Å². The van der Waals surface area contributed by atoms with Gasteiger partial charge in [-0.25, -0.2) is 14.8 Å². The first-order valence-corrected chi connectivity index (χ1v) is 6.41. The molecular weight excluding hydrogens is 284 g/mol. The van der Waals surface area contributed by atoms with Crippen molar-refractivity contribution < 1.29 is 14.8 Å². The van der Waals surface area contributed by atoms with Crippen LogP contribution >= 0.6 is 11.3 Å². The summed E-state index contributed by atoms with van der Waals surface area (Å²) in [4.78, 5) is 28.9. The van der Waals surface area contributed by atoms with Crippen LogP contribution in [0.25, 0.3) is 0 Å². The molecule has 2 heterocycles. The fourth-order valence-electron chi connectivity index (χ4n) is 1.51. The second-order valence-corrected chi connectivity index (χ2v) is 4.76. The van der Waals surface area contributed by atoms with Gasteiger partial charge in [-0.05, 0) is 13.0 Å². The van der Waals surface area contributed by atoms with Crippen LogP contribution in [0.3, 0.4) is 0 Å². The Labute approximate surface area is 117 Å². The molecular formula is C11H10N4O4S. The number of aromatic nitrogens is 2. The van der Waals surface area contributed by atoms with E-state index in [0.29, 0.717) is 5.01 Å². The van der Waals surface area contributed by atoms with E-state index in [1.165, 1.54) is 35.0 Å². The third-order valence-corrected chi connectivity index (χ3v) is 3.48. The van der Waals surface area contributed by atoms with Crippen LogP contribution in [-0.2, 0) is 0 Å². The second-order valence-electron chi connectivity index (χ2n) is 3.87. The maximum absolute atomic E-state index is 10.9. The number of thiazole rings is 1. The molecule has 2 rings (SSSR count). The molecule has 0 fully saturated rings. The molecule has 1 atom stereocenters. The van der Waals surface area contributed by atoms with Crippen LogP contribution < -0.4 is 5.32 Å². The molecule has 8 nitrogen and oxygen atoms in total. The molecule has 0 aliphatic rings. The maximum atomic E-state index is 10.9. The summed E-state index contributed by atoms with van der Waals surface area (Å²) in [5.41, 5.74) is -0.191. The molecule has 2 N–H and O–H groups in total. The molecule has 2 aromatic heterocycles. The van der Waals surface area contributed by atoms with Gasteiger partial charge in [0, 0.05) is 17.6 Å². The highest BCUT2D eigenvalue weighted by atomic mass is 32.1. The zero-order valence-corrected chi connectivity index (χ0v) is 11.1. The van der Waals surface area contributed by atoms with Crippen LogP contribution in [0.15, 0.2) is 23.7 Å². The first-order chi connectivity index (χ1) is 9.49. The molecule has 0 aliphatic carbocycles. The molecule has 0 aromatic carbocycles. The lowest BCUT2D eigenvalue weighted by atomic mass is 10.3. The number of carboxylic acids is 1. The number of nitrogens with one attached hydrogen (secondary N) is 1. The number of hydrogen-bond acceptors (Lipinski definition) is 7. The first-order valence-electron chi connectivity index (χ1n) is 5.53. The SMILES string of the molecule is CC(Nc1ncccc1[N+](=O)[O-])c1nc(C(=O)O)cs1. The predicted molar refractivity (Wildman–Crippen MR) is 72.0 cm³/mol. The fraction of sp³-hybridized carbons (Fsp3) is 0.182. The largest absolute Gasteiger partial charge is 0.476 e. The molecule has 20 heavy (non-hydrogen) atoms. The lowest BCUT2D eigenvalue weighted by molar-refractivity contribution is -0.384. The standard InChI is InChI=1S/C11H10N4O4S/c1-6(10-14-7(5-20-10)11(16)17)13-9-8(15(18)19)3-2-4-12-9/h2-6H,1H3,(H,12,13)(H,16,17). The normalized spacial score (nSPS) is 11.8. The Morgan fingerprint density at radius 3 is 2.95 bits per heavy atom. The summed E-state index contributed by atoms with van der Waals surface area (Å²) < 4.78 is 0. The molecule has 0 bridgehead atoms. The Balaban J connectivity index is 2.21. The van der Waals surface area contributed by atoms with Gasteiger partial charge < -0.3 is 10.4 Å². The van der Waals surface area contributed by atoms with E-state index in [2.05, 4.69) is 15.3 Å². The van der Waals surface area contributed by atoms with E-state index >= 15 is 0 Å². The van der Waals surface area contributed by atoms with Crippen LogP contribution in [-0.4, -0.2) is 26.0 Å². The number of aromatic carboxylic acids is 1. The molecule has 0 aliphatic heterocycles. The highest BCUT2D eigenvalue weighted by molar-refractivity contribution is 7.09.